The lowest BCUT2D eigenvalue weighted by Crippen LogP contribution is -2.20. The molecule has 0 unspecified atom stereocenters. The van der Waals surface area contributed by atoms with Crippen molar-refractivity contribution in [1.29, 1.82) is 0 Å². The van der Waals surface area contributed by atoms with Gasteiger partial charge in [0.25, 0.3) is 5.56 Å². The van der Waals surface area contributed by atoms with Crippen LogP contribution in [0.1, 0.15) is 21.9 Å². The zero-order chi connectivity index (χ0) is 18.0. The Kier molecular flexibility index (Phi) is 4.38. The Hall–Kier alpha value is -3.35. The van der Waals surface area contributed by atoms with Gasteiger partial charge in [0.2, 0.25) is 0 Å². The molecule has 0 spiro atoms. The quantitative estimate of drug-likeness (QED) is 0.737. The standard InChI is InChI=1S/C18H17N5O2/c1-11-6-17(21-12(2)20-11)22-16-7-13(9-23(3)18(16)25)15-4-5-19-8-14(15)10-24/h4-10H,1-3H3,(H,20,21,22). The average Bonchev–Trinajstić information content (AvgIpc) is 2.58. The van der Waals surface area contributed by atoms with Gasteiger partial charge in [-0.05, 0) is 31.5 Å². The molecule has 0 amide bonds. The zero-order valence-corrected chi connectivity index (χ0v) is 14.1. The van der Waals surface area contributed by atoms with Crippen molar-refractivity contribution in [3.63, 3.8) is 0 Å². The van der Waals surface area contributed by atoms with Gasteiger partial charge in [-0.3, -0.25) is 14.6 Å². The summed E-state index contributed by atoms with van der Waals surface area (Å²) in [6.07, 6.45) is 5.54. The summed E-state index contributed by atoms with van der Waals surface area (Å²) in [6.45, 7) is 3.65. The number of aromatic nitrogens is 4. The van der Waals surface area contributed by atoms with E-state index < -0.39 is 0 Å². The monoisotopic (exact) mass is 335 g/mol. The third-order valence-electron chi connectivity index (χ3n) is 3.70. The molecule has 25 heavy (non-hydrogen) atoms. The molecule has 0 aliphatic heterocycles. The molecule has 7 heteroatoms. The molecule has 0 radical (unpaired) electrons. The molecule has 0 bridgehead atoms. The van der Waals surface area contributed by atoms with E-state index in [1.165, 1.54) is 10.8 Å². The van der Waals surface area contributed by atoms with Crippen LogP contribution in [-0.2, 0) is 7.05 Å². The van der Waals surface area contributed by atoms with Gasteiger partial charge in [-0.25, -0.2) is 9.97 Å². The predicted octanol–water partition coefficient (Wildman–Crippen LogP) is 2.41. The van der Waals surface area contributed by atoms with Crippen molar-refractivity contribution in [2.75, 3.05) is 5.32 Å². The van der Waals surface area contributed by atoms with E-state index in [1.54, 1.807) is 44.6 Å². The lowest BCUT2D eigenvalue weighted by Gasteiger charge is -2.12. The molecule has 0 atom stereocenters. The first kappa shape index (κ1) is 16.5. The molecule has 126 valence electrons. The number of aryl methyl sites for hydroxylation is 3. The average molecular weight is 335 g/mol. The van der Waals surface area contributed by atoms with Crippen molar-refractivity contribution in [3.8, 4) is 11.1 Å². The first-order valence-corrected chi connectivity index (χ1v) is 7.67. The van der Waals surface area contributed by atoms with Crippen LogP contribution in [0.4, 0.5) is 11.5 Å². The van der Waals surface area contributed by atoms with Gasteiger partial charge in [-0.2, -0.15) is 0 Å². The van der Waals surface area contributed by atoms with Crippen LogP contribution in [0.25, 0.3) is 11.1 Å². The maximum atomic E-state index is 12.5. The summed E-state index contributed by atoms with van der Waals surface area (Å²) in [5, 5.41) is 3.05. The third kappa shape index (κ3) is 3.45. The maximum Gasteiger partial charge on any atom is 0.274 e. The van der Waals surface area contributed by atoms with Gasteiger partial charge in [0.05, 0.1) is 0 Å². The minimum absolute atomic E-state index is 0.195. The molecule has 0 aliphatic carbocycles. The van der Waals surface area contributed by atoms with Gasteiger partial charge in [0.15, 0.2) is 6.29 Å². The van der Waals surface area contributed by atoms with Gasteiger partial charge in [0.1, 0.15) is 17.3 Å². The molecule has 0 aromatic carbocycles. The Balaban J connectivity index is 2.10. The fourth-order valence-corrected chi connectivity index (χ4v) is 2.63. The molecule has 0 aliphatic rings. The van der Waals surface area contributed by atoms with Crippen LogP contribution in [0.3, 0.4) is 0 Å². The number of aldehydes is 1. The molecule has 0 saturated carbocycles. The minimum atomic E-state index is -0.195. The molecular formula is C18H17N5O2. The molecule has 3 heterocycles. The SMILES string of the molecule is Cc1cc(Nc2cc(-c3ccncc3C=O)cn(C)c2=O)nc(C)n1. The van der Waals surface area contributed by atoms with Crippen molar-refractivity contribution in [2.45, 2.75) is 13.8 Å². The first-order valence-electron chi connectivity index (χ1n) is 7.67. The molecular weight excluding hydrogens is 318 g/mol. The smallest absolute Gasteiger partial charge is 0.274 e. The van der Waals surface area contributed by atoms with E-state index in [0.29, 0.717) is 28.5 Å². The Morgan fingerprint density at radius 3 is 2.72 bits per heavy atom. The summed E-state index contributed by atoms with van der Waals surface area (Å²) < 4.78 is 1.47. The van der Waals surface area contributed by atoms with E-state index >= 15 is 0 Å². The van der Waals surface area contributed by atoms with Crippen LogP contribution in [0.5, 0.6) is 0 Å². The molecule has 0 saturated heterocycles. The second-order valence-corrected chi connectivity index (χ2v) is 5.71. The third-order valence-corrected chi connectivity index (χ3v) is 3.70. The Morgan fingerprint density at radius 2 is 2.00 bits per heavy atom. The van der Waals surface area contributed by atoms with Crippen molar-refractivity contribution in [1.82, 2.24) is 19.5 Å². The van der Waals surface area contributed by atoms with Gasteiger partial charge < -0.3 is 9.88 Å². The van der Waals surface area contributed by atoms with Crippen LogP contribution >= 0.6 is 0 Å². The van der Waals surface area contributed by atoms with Gasteiger partial charge in [0, 0.05) is 48.5 Å². The highest BCUT2D eigenvalue weighted by Crippen LogP contribution is 2.24. The molecule has 1 N–H and O–H groups in total. The molecule has 3 aromatic rings. The number of carbonyl (C=O) groups is 1. The number of carbonyl (C=O) groups excluding carboxylic acids is 1. The van der Waals surface area contributed by atoms with Crippen molar-refractivity contribution >= 4 is 17.8 Å². The van der Waals surface area contributed by atoms with Crippen molar-refractivity contribution < 1.29 is 4.79 Å². The fraction of sp³-hybridized carbons (Fsp3) is 0.167. The van der Waals surface area contributed by atoms with Crippen molar-refractivity contribution in [2.24, 2.45) is 7.05 Å². The number of rotatable bonds is 4. The summed E-state index contributed by atoms with van der Waals surface area (Å²) >= 11 is 0. The molecule has 3 aromatic heterocycles. The van der Waals surface area contributed by atoms with Crippen LogP contribution in [0.2, 0.25) is 0 Å². The maximum absolute atomic E-state index is 12.5. The summed E-state index contributed by atoms with van der Waals surface area (Å²) in [6, 6.07) is 5.21. The predicted molar refractivity (Wildman–Crippen MR) is 95.1 cm³/mol. The number of nitrogens with zero attached hydrogens (tertiary/aromatic N) is 4. The van der Waals surface area contributed by atoms with Gasteiger partial charge >= 0.3 is 0 Å². The van der Waals surface area contributed by atoms with E-state index in [-0.39, 0.29) is 5.56 Å². The largest absolute Gasteiger partial charge is 0.336 e. The van der Waals surface area contributed by atoms with E-state index in [2.05, 4.69) is 20.3 Å². The normalized spacial score (nSPS) is 10.5. The lowest BCUT2D eigenvalue weighted by atomic mass is 10.0. The second kappa shape index (κ2) is 6.64. The van der Waals surface area contributed by atoms with E-state index in [4.69, 9.17) is 0 Å². The highest BCUT2D eigenvalue weighted by atomic mass is 16.1. The number of hydrogen-bond acceptors (Lipinski definition) is 6. The van der Waals surface area contributed by atoms with E-state index in [0.717, 1.165) is 17.5 Å². The highest BCUT2D eigenvalue weighted by Gasteiger charge is 2.11. The van der Waals surface area contributed by atoms with Crippen molar-refractivity contribution in [3.05, 3.63) is 64.2 Å². The zero-order valence-electron chi connectivity index (χ0n) is 14.1. The molecule has 3 rings (SSSR count). The van der Waals surface area contributed by atoms with E-state index in [9.17, 15) is 9.59 Å². The van der Waals surface area contributed by atoms with Crippen LogP contribution in [0.15, 0.2) is 41.6 Å². The van der Waals surface area contributed by atoms with Crippen LogP contribution in [-0.4, -0.2) is 25.8 Å². The fourth-order valence-electron chi connectivity index (χ4n) is 2.63. The number of nitrogens with one attached hydrogen (secondary N) is 1. The van der Waals surface area contributed by atoms with Crippen LogP contribution in [0, 0.1) is 13.8 Å². The first-order chi connectivity index (χ1) is 12.0. The Bertz CT molecular complexity index is 990. The Labute approximate surface area is 144 Å². The number of hydrogen-bond donors (Lipinski definition) is 1. The molecule has 7 nitrogen and oxygen atoms in total. The summed E-state index contributed by atoms with van der Waals surface area (Å²) in [5.74, 6) is 1.16. The number of pyridine rings is 2. The molecule has 0 fully saturated rings. The summed E-state index contributed by atoms with van der Waals surface area (Å²) in [5.41, 5.74) is 2.88. The van der Waals surface area contributed by atoms with Gasteiger partial charge in [-0.1, -0.05) is 0 Å². The lowest BCUT2D eigenvalue weighted by molar-refractivity contribution is 0.112. The minimum Gasteiger partial charge on any atom is -0.336 e. The Morgan fingerprint density at radius 1 is 1.20 bits per heavy atom. The highest BCUT2D eigenvalue weighted by molar-refractivity contribution is 5.87. The van der Waals surface area contributed by atoms with Crippen LogP contribution < -0.4 is 10.9 Å². The van der Waals surface area contributed by atoms with Gasteiger partial charge in [-0.15, -0.1) is 0 Å². The second-order valence-electron chi connectivity index (χ2n) is 5.71. The number of anilines is 2. The topological polar surface area (TPSA) is 89.8 Å². The summed E-state index contributed by atoms with van der Waals surface area (Å²) in [7, 11) is 1.66. The summed E-state index contributed by atoms with van der Waals surface area (Å²) in [4.78, 5) is 36.2. The van der Waals surface area contributed by atoms with E-state index in [1.807, 2.05) is 6.92 Å².